The third-order valence-corrected chi connectivity index (χ3v) is 2.46. The molecule has 0 amide bonds. The van der Waals surface area contributed by atoms with E-state index in [1.54, 1.807) is 14.2 Å². The number of ether oxygens (including phenoxy) is 2. The van der Waals surface area contributed by atoms with Gasteiger partial charge in [-0.3, -0.25) is 0 Å². The minimum atomic E-state index is -0.188. The molecule has 0 aromatic heterocycles. The molecule has 3 heteroatoms. The molecule has 0 aliphatic rings. The molecule has 0 spiro atoms. The van der Waals surface area contributed by atoms with Crippen LogP contribution in [0.2, 0.25) is 0 Å². The Kier molecular flexibility index (Phi) is 9.89. The maximum atomic E-state index is 9.55. The molecule has 0 aliphatic carbocycles. The average molecular weight is 216 g/mol. The lowest BCUT2D eigenvalue weighted by Gasteiger charge is -2.13. The van der Waals surface area contributed by atoms with Crippen molar-refractivity contribution in [3.63, 3.8) is 0 Å². The Hall–Kier alpha value is -0.380. The number of unbranched alkanes of at least 4 members (excludes halogenated alkanes) is 1. The Morgan fingerprint density at radius 3 is 2.27 bits per heavy atom. The van der Waals surface area contributed by atoms with Crippen molar-refractivity contribution in [2.24, 2.45) is 0 Å². The molecular formula is C12H24O3. The number of aliphatic hydroxyl groups is 1. The number of aliphatic hydroxyl groups excluding tert-OH is 1. The molecule has 3 nitrogen and oxygen atoms in total. The Balaban J connectivity index is 3.32. The van der Waals surface area contributed by atoms with Gasteiger partial charge in [-0.25, -0.2) is 0 Å². The molecule has 0 fully saturated rings. The molecule has 0 rings (SSSR count). The van der Waals surface area contributed by atoms with Crippen molar-refractivity contribution in [2.45, 2.75) is 50.9 Å². The van der Waals surface area contributed by atoms with Gasteiger partial charge in [0.05, 0.1) is 6.10 Å². The van der Waals surface area contributed by atoms with Crippen molar-refractivity contribution in [1.29, 1.82) is 0 Å². The molecule has 0 aromatic carbocycles. The second-order valence-corrected chi connectivity index (χ2v) is 3.71. The summed E-state index contributed by atoms with van der Waals surface area (Å²) < 4.78 is 10.1. The van der Waals surface area contributed by atoms with E-state index in [9.17, 15) is 5.11 Å². The summed E-state index contributed by atoms with van der Waals surface area (Å²) in [6.45, 7) is 3.63. The summed E-state index contributed by atoms with van der Waals surface area (Å²) in [5.41, 5.74) is 0. The van der Waals surface area contributed by atoms with Crippen LogP contribution in [-0.4, -0.2) is 31.7 Å². The highest BCUT2D eigenvalue weighted by Gasteiger charge is 2.06. The molecule has 0 bridgehead atoms. The van der Waals surface area contributed by atoms with Gasteiger partial charge in [-0.2, -0.15) is 0 Å². The maximum absolute atomic E-state index is 9.55. The third-order valence-electron chi connectivity index (χ3n) is 2.46. The van der Waals surface area contributed by atoms with Crippen molar-refractivity contribution < 1.29 is 14.6 Å². The lowest BCUT2D eigenvalue weighted by Crippen LogP contribution is -2.13. The predicted molar refractivity (Wildman–Crippen MR) is 61.7 cm³/mol. The van der Waals surface area contributed by atoms with Crippen molar-refractivity contribution >= 4 is 0 Å². The van der Waals surface area contributed by atoms with E-state index in [0.29, 0.717) is 0 Å². The van der Waals surface area contributed by atoms with Crippen LogP contribution in [0.3, 0.4) is 0 Å². The van der Waals surface area contributed by atoms with Crippen LogP contribution >= 0.6 is 0 Å². The highest BCUT2D eigenvalue weighted by molar-refractivity contribution is 4.69. The largest absolute Gasteiger partial charge is 0.393 e. The van der Waals surface area contributed by atoms with Gasteiger partial charge in [-0.15, -0.1) is 6.58 Å². The van der Waals surface area contributed by atoms with Crippen LogP contribution in [0.5, 0.6) is 0 Å². The summed E-state index contributed by atoms with van der Waals surface area (Å²) >= 11 is 0. The van der Waals surface area contributed by atoms with E-state index in [1.807, 2.05) is 6.08 Å². The molecule has 0 aromatic rings. The first-order valence-corrected chi connectivity index (χ1v) is 5.59. The molecule has 1 atom stereocenters. The molecule has 0 heterocycles. The Morgan fingerprint density at radius 1 is 1.13 bits per heavy atom. The Morgan fingerprint density at radius 2 is 1.73 bits per heavy atom. The molecule has 0 aliphatic heterocycles. The normalized spacial score (nSPS) is 13.1. The van der Waals surface area contributed by atoms with E-state index in [-0.39, 0.29) is 12.4 Å². The molecule has 1 unspecified atom stereocenters. The number of hydrogen-bond donors (Lipinski definition) is 1. The van der Waals surface area contributed by atoms with Crippen LogP contribution in [0, 0.1) is 0 Å². The fraction of sp³-hybridized carbons (Fsp3) is 0.833. The molecule has 0 saturated carbocycles. The first kappa shape index (κ1) is 14.6. The van der Waals surface area contributed by atoms with Crippen molar-refractivity contribution in [2.75, 3.05) is 14.2 Å². The van der Waals surface area contributed by atoms with E-state index >= 15 is 0 Å². The second-order valence-electron chi connectivity index (χ2n) is 3.71. The molecular weight excluding hydrogens is 192 g/mol. The number of hydrogen-bond acceptors (Lipinski definition) is 3. The summed E-state index contributed by atoms with van der Waals surface area (Å²) in [6, 6.07) is 0. The Bertz CT molecular complexity index is 144. The summed E-state index contributed by atoms with van der Waals surface area (Å²) in [7, 11) is 3.29. The molecule has 0 saturated heterocycles. The topological polar surface area (TPSA) is 38.7 Å². The zero-order chi connectivity index (χ0) is 11.5. The van der Waals surface area contributed by atoms with Crippen LogP contribution in [0.4, 0.5) is 0 Å². The maximum Gasteiger partial charge on any atom is 0.156 e. The van der Waals surface area contributed by atoms with Crippen molar-refractivity contribution in [1.82, 2.24) is 0 Å². The summed E-state index contributed by atoms with van der Waals surface area (Å²) in [5.74, 6) is 0. The van der Waals surface area contributed by atoms with Gasteiger partial charge < -0.3 is 14.6 Å². The van der Waals surface area contributed by atoms with E-state index in [2.05, 4.69) is 6.58 Å². The van der Waals surface area contributed by atoms with Crippen LogP contribution in [0.1, 0.15) is 38.5 Å². The van der Waals surface area contributed by atoms with Gasteiger partial charge >= 0.3 is 0 Å². The standard InChI is InChI=1S/C12H24O3/c1-4-5-8-11(13)9-6-7-10-12(14-2)15-3/h4,11-13H,1,5-10H2,2-3H3. The smallest absolute Gasteiger partial charge is 0.156 e. The molecule has 15 heavy (non-hydrogen) atoms. The minimum absolute atomic E-state index is 0.102. The predicted octanol–water partition coefficient (Wildman–Crippen LogP) is 2.49. The van der Waals surface area contributed by atoms with E-state index < -0.39 is 0 Å². The summed E-state index contributed by atoms with van der Waals surface area (Å²) in [5, 5.41) is 9.55. The fourth-order valence-electron chi connectivity index (χ4n) is 1.48. The zero-order valence-corrected chi connectivity index (χ0v) is 9.95. The molecule has 0 radical (unpaired) electrons. The van der Waals surface area contributed by atoms with Gasteiger partial charge in [0.25, 0.3) is 0 Å². The summed E-state index contributed by atoms with van der Waals surface area (Å²) in [6.07, 6.45) is 7.05. The summed E-state index contributed by atoms with van der Waals surface area (Å²) in [4.78, 5) is 0. The average Bonchev–Trinajstić information content (AvgIpc) is 2.26. The SMILES string of the molecule is C=CCCC(O)CCCCC(OC)OC. The fourth-order valence-corrected chi connectivity index (χ4v) is 1.48. The second kappa shape index (κ2) is 10.1. The highest BCUT2D eigenvalue weighted by Crippen LogP contribution is 2.11. The first-order chi connectivity index (χ1) is 7.24. The van der Waals surface area contributed by atoms with Gasteiger partial charge in [0, 0.05) is 14.2 Å². The molecule has 90 valence electrons. The van der Waals surface area contributed by atoms with Gasteiger partial charge in [0.15, 0.2) is 6.29 Å². The van der Waals surface area contributed by atoms with Crippen LogP contribution in [0.15, 0.2) is 12.7 Å². The van der Waals surface area contributed by atoms with Crippen LogP contribution in [-0.2, 0) is 9.47 Å². The number of methoxy groups -OCH3 is 2. The van der Waals surface area contributed by atoms with Crippen molar-refractivity contribution in [3.8, 4) is 0 Å². The number of rotatable bonds is 10. The van der Waals surface area contributed by atoms with Gasteiger partial charge in [-0.1, -0.05) is 12.5 Å². The van der Waals surface area contributed by atoms with Crippen LogP contribution in [0.25, 0.3) is 0 Å². The van der Waals surface area contributed by atoms with E-state index in [1.165, 1.54) is 0 Å². The first-order valence-electron chi connectivity index (χ1n) is 5.59. The minimum Gasteiger partial charge on any atom is -0.393 e. The van der Waals surface area contributed by atoms with Crippen LogP contribution < -0.4 is 0 Å². The lowest BCUT2D eigenvalue weighted by atomic mass is 10.1. The third kappa shape index (κ3) is 8.60. The quantitative estimate of drug-likeness (QED) is 0.346. The van der Waals surface area contributed by atoms with Crippen molar-refractivity contribution in [3.05, 3.63) is 12.7 Å². The lowest BCUT2D eigenvalue weighted by molar-refractivity contribution is -0.107. The number of allylic oxidation sites excluding steroid dienone is 1. The Labute approximate surface area is 93.1 Å². The highest BCUT2D eigenvalue weighted by atomic mass is 16.7. The van der Waals surface area contributed by atoms with Gasteiger partial charge in [0.2, 0.25) is 0 Å². The van der Waals surface area contributed by atoms with Gasteiger partial charge in [0.1, 0.15) is 0 Å². The van der Waals surface area contributed by atoms with Gasteiger partial charge in [-0.05, 0) is 32.1 Å². The zero-order valence-electron chi connectivity index (χ0n) is 9.95. The van der Waals surface area contributed by atoms with E-state index in [0.717, 1.165) is 38.5 Å². The monoisotopic (exact) mass is 216 g/mol. The molecule has 1 N–H and O–H groups in total. The van der Waals surface area contributed by atoms with E-state index in [4.69, 9.17) is 9.47 Å².